The Kier molecular flexibility index (Phi) is 3.06. The van der Waals surface area contributed by atoms with Crippen LogP contribution < -0.4 is 11.1 Å². The van der Waals surface area contributed by atoms with Crippen LogP contribution in [0, 0.1) is 6.92 Å². The fraction of sp³-hybridized carbons (Fsp3) is 0.167. The van der Waals surface area contributed by atoms with E-state index in [0.717, 1.165) is 17.2 Å². The van der Waals surface area contributed by atoms with Crippen molar-refractivity contribution in [2.45, 2.75) is 13.5 Å². The number of nitrogens with one attached hydrogen (secondary N) is 1. The molecule has 0 spiro atoms. The van der Waals surface area contributed by atoms with Crippen LogP contribution in [0.2, 0.25) is 5.02 Å². The number of aryl methyl sites for hydroxylation is 1. The molecule has 1 aromatic carbocycles. The highest BCUT2D eigenvalue weighted by atomic mass is 35.5. The van der Waals surface area contributed by atoms with Gasteiger partial charge in [0.1, 0.15) is 11.5 Å². The predicted molar refractivity (Wildman–Crippen MR) is 66.6 cm³/mol. The number of rotatable bonds is 3. The first-order chi connectivity index (χ1) is 7.65. The van der Waals surface area contributed by atoms with E-state index < -0.39 is 0 Å². The number of benzene rings is 1. The van der Waals surface area contributed by atoms with Gasteiger partial charge in [0.05, 0.1) is 17.3 Å². The average Bonchev–Trinajstić information content (AvgIpc) is 2.63. The van der Waals surface area contributed by atoms with Gasteiger partial charge in [0, 0.05) is 5.69 Å². The molecule has 0 aliphatic heterocycles. The van der Waals surface area contributed by atoms with Gasteiger partial charge in [-0.05, 0) is 37.3 Å². The molecule has 3 N–H and O–H groups in total. The molecule has 0 atom stereocenters. The largest absolute Gasteiger partial charge is 0.465 e. The molecule has 84 valence electrons. The molecule has 0 saturated heterocycles. The number of hydrogen-bond donors (Lipinski definition) is 2. The SMILES string of the molecule is Cc1ccc(CNc2ccc(N)cc2Cl)o1. The molecule has 2 rings (SSSR count). The minimum atomic E-state index is 0.609. The number of furan rings is 1. The lowest BCUT2D eigenvalue weighted by Crippen LogP contribution is -1.99. The van der Waals surface area contributed by atoms with Crippen molar-refractivity contribution < 1.29 is 4.42 Å². The molecular formula is C12H13ClN2O. The number of nitrogens with two attached hydrogens (primary N) is 1. The van der Waals surface area contributed by atoms with Crippen molar-refractivity contribution >= 4 is 23.0 Å². The van der Waals surface area contributed by atoms with Gasteiger partial charge in [0.25, 0.3) is 0 Å². The molecule has 0 fully saturated rings. The van der Waals surface area contributed by atoms with E-state index in [1.807, 2.05) is 31.2 Å². The summed E-state index contributed by atoms with van der Waals surface area (Å²) in [5, 5.41) is 3.80. The molecule has 0 amide bonds. The predicted octanol–water partition coefficient (Wildman–Crippen LogP) is 3.44. The third-order valence-corrected chi connectivity index (χ3v) is 2.55. The summed E-state index contributed by atoms with van der Waals surface area (Å²) in [5.41, 5.74) is 7.12. The van der Waals surface area contributed by atoms with Gasteiger partial charge in [-0.2, -0.15) is 0 Å². The van der Waals surface area contributed by atoms with Crippen LogP contribution in [0.1, 0.15) is 11.5 Å². The van der Waals surface area contributed by atoms with Crippen LogP contribution in [0.5, 0.6) is 0 Å². The molecule has 1 aromatic heterocycles. The summed E-state index contributed by atoms with van der Waals surface area (Å²) >= 11 is 6.03. The van der Waals surface area contributed by atoms with Crippen molar-refractivity contribution in [1.82, 2.24) is 0 Å². The molecular weight excluding hydrogens is 224 g/mol. The summed E-state index contributed by atoms with van der Waals surface area (Å²) in [7, 11) is 0. The van der Waals surface area contributed by atoms with Crippen molar-refractivity contribution in [3.63, 3.8) is 0 Å². The van der Waals surface area contributed by atoms with Gasteiger partial charge < -0.3 is 15.5 Å². The summed E-state index contributed by atoms with van der Waals surface area (Å²) in [6, 6.07) is 9.25. The molecule has 4 heteroatoms. The highest BCUT2D eigenvalue weighted by Crippen LogP contribution is 2.24. The molecule has 0 aliphatic carbocycles. The average molecular weight is 237 g/mol. The van der Waals surface area contributed by atoms with Gasteiger partial charge in [0.2, 0.25) is 0 Å². The van der Waals surface area contributed by atoms with Crippen LogP contribution >= 0.6 is 11.6 Å². The van der Waals surface area contributed by atoms with Crippen LogP contribution in [0.25, 0.3) is 0 Å². The fourth-order valence-electron chi connectivity index (χ4n) is 1.44. The molecule has 16 heavy (non-hydrogen) atoms. The van der Waals surface area contributed by atoms with Gasteiger partial charge in [-0.3, -0.25) is 0 Å². The Hall–Kier alpha value is -1.61. The molecule has 3 nitrogen and oxygen atoms in total. The molecule has 2 aromatic rings. The maximum Gasteiger partial charge on any atom is 0.123 e. The minimum absolute atomic E-state index is 0.609. The van der Waals surface area contributed by atoms with E-state index >= 15 is 0 Å². The van der Waals surface area contributed by atoms with Gasteiger partial charge in [-0.1, -0.05) is 11.6 Å². The Morgan fingerprint density at radius 3 is 2.75 bits per heavy atom. The fourth-order valence-corrected chi connectivity index (χ4v) is 1.69. The van der Waals surface area contributed by atoms with E-state index in [9.17, 15) is 0 Å². The van der Waals surface area contributed by atoms with E-state index in [0.29, 0.717) is 17.3 Å². The maximum atomic E-state index is 6.03. The Bertz CT molecular complexity index is 494. The first-order valence-corrected chi connectivity index (χ1v) is 5.37. The summed E-state index contributed by atoms with van der Waals surface area (Å²) < 4.78 is 5.44. The summed E-state index contributed by atoms with van der Waals surface area (Å²) in [4.78, 5) is 0. The monoisotopic (exact) mass is 236 g/mol. The molecule has 0 unspecified atom stereocenters. The van der Waals surface area contributed by atoms with E-state index in [-0.39, 0.29) is 0 Å². The quantitative estimate of drug-likeness (QED) is 0.803. The van der Waals surface area contributed by atoms with E-state index in [1.165, 1.54) is 0 Å². The Balaban J connectivity index is 2.04. The lowest BCUT2D eigenvalue weighted by atomic mass is 10.3. The number of hydrogen-bond acceptors (Lipinski definition) is 3. The van der Waals surface area contributed by atoms with Crippen LogP contribution in [-0.2, 0) is 6.54 Å². The second-order valence-electron chi connectivity index (χ2n) is 3.61. The molecule has 0 bridgehead atoms. The number of halogens is 1. The second kappa shape index (κ2) is 4.49. The smallest absolute Gasteiger partial charge is 0.123 e. The zero-order chi connectivity index (χ0) is 11.5. The lowest BCUT2D eigenvalue weighted by Gasteiger charge is -2.07. The Morgan fingerprint density at radius 2 is 2.12 bits per heavy atom. The van der Waals surface area contributed by atoms with Gasteiger partial charge >= 0.3 is 0 Å². The van der Waals surface area contributed by atoms with Crippen LogP contribution in [-0.4, -0.2) is 0 Å². The zero-order valence-corrected chi connectivity index (χ0v) is 9.71. The lowest BCUT2D eigenvalue weighted by molar-refractivity contribution is 0.490. The highest BCUT2D eigenvalue weighted by molar-refractivity contribution is 6.33. The third-order valence-electron chi connectivity index (χ3n) is 2.24. The maximum absolute atomic E-state index is 6.03. The van der Waals surface area contributed by atoms with Crippen LogP contribution in [0.3, 0.4) is 0 Å². The summed E-state index contributed by atoms with van der Waals surface area (Å²) in [5.74, 6) is 1.78. The minimum Gasteiger partial charge on any atom is -0.465 e. The highest BCUT2D eigenvalue weighted by Gasteiger charge is 2.02. The zero-order valence-electron chi connectivity index (χ0n) is 8.96. The molecule has 0 saturated carbocycles. The normalized spacial score (nSPS) is 10.4. The van der Waals surface area contributed by atoms with Crippen molar-refractivity contribution in [3.8, 4) is 0 Å². The Morgan fingerprint density at radius 1 is 1.31 bits per heavy atom. The third kappa shape index (κ3) is 2.49. The summed E-state index contributed by atoms with van der Waals surface area (Å²) in [6.07, 6.45) is 0. The van der Waals surface area contributed by atoms with Crippen molar-refractivity contribution in [3.05, 3.63) is 46.9 Å². The van der Waals surface area contributed by atoms with Crippen molar-refractivity contribution in [1.29, 1.82) is 0 Å². The van der Waals surface area contributed by atoms with Crippen molar-refractivity contribution in [2.24, 2.45) is 0 Å². The first kappa shape index (κ1) is 10.9. The summed E-state index contributed by atoms with van der Waals surface area (Å²) in [6.45, 7) is 2.52. The van der Waals surface area contributed by atoms with Gasteiger partial charge in [-0.15, -0.1) is 0 Å². The van der Waals surface area contributed by atoms with Gasteiger partial charge in [0.15, 0.2) is 0 Å². The molecule has 0 radical (unpaired) electrons. The first-order valence-electron chi connectivity index (χ1n) is 4.99. The number of anilines is 2. The topological polar surface area (TPSA) is 51.2 Å². The molecule has 0 aliphatic rings. The Labute approximate surface area is 99.2 Å². The number of nitrogen functional groups attached to an aromatic ring is 1. The van der Waals surface area contributed by atoms with Crippen molar-refractivity contribution in [2.75, 3.05) is 11.1 Å². The van der Waals surface area contributed by atoms with E-state index in [4.69, 9.17) is 21.8 Å². The second-order valence-corrected chi connectivity index (χ2v) is 4.01. The van der Waals surface area contributed by atoms with Gasteiger partial charge in [-0.25, -0.2) is 0 Å². The van der Waals surface area contributed by atoms with Crippen LogP contribution in [0.4, 0.5) is 11.4 Å². The van der Waals surface area contributed by atoms with E-state index in [1.54, 1.807) is 6.07 Å². The van der Waals surface area contributed by atoms with Crippen LogP contribution in [0.15, 0.2) is 34.7 Å². The molecule has 1 heterocycles. The standard InChI is InChI=1S/C12H13ClN2O/c1-8-2-4-10(16-8)7-15-12-5-3-9(14)6-11(12)13/h2-6,15H,7,14H2,1H3. The van der Waals surface area contributed by atoms with E-state index in [2.05, 4.69) is 5.32 Å².